The Morgan fingerprint density at radius 1 is 1.64 bits per heavy atom. The Bertz CT molecular complexity index is 385. The van der Waals surface area contributed by atoms with Crippen molar-refractivity contribution in [2.45, 2.75) is 19.8 Å². The van der Waals surface area contributed by atoms with Crippen molar-refractivity contribution in [2.75, 3.05) is 0 Å². The summed E-state index contributed by atoms with van der Waals surface area (Å²) >= 11 is 5.56. The summed E-state index contributed by atoms with van der Waals surface area (Å²) in [7, 11) is 0. The first-order valence-corrected chi connectivity index (χ1v) is 4.25. The molecule has 1 heterocycles. The zero-order valence-electron chi connectivity index (χ0n) is 7.39. The van der Waals surface area contributed by atoms with Crippen LogP contribution in [0.2, 0.25) is 5.15 Å². The quantitative estimate of drug-likeness (QED) is 0.713. The van der Waals surface area contributed by atoms with E-state index in [4.69, 9.17) is 16.9 Å². The van der Waals surface area contributed by atoms with Gasteiger partial charge in [-0.05, 0) is 18.6 Å². The lowest BCUT2D eigenvalue weighted by Gasteiger charge is -2.08. The fourth-order valence-corrected chi connectivity index (χ4v) is 1.51. The first-order chi connectivity index (χ1) is 6.56. The van der Waals surface area contributed by atoms with Gasteiger partial charge in [-0.1, -0.05) is 11.6 Å². The van der Waals surface area contributed by atoms with Crippen molar-refractivity contribution in [3.05, 3.63) is 28.0 Å². The van der Waals surface area contributed by atoms with Crippen LogP contribution in [0.25, 0.3) is 0 Å². The van der Waals surface area contributed by atoms with Gasteiger partial charge in [-0.2, -0.15) is 5.26 Å². The molecule has 0 bridgehead atoms. The number of hydrogen-bond donors (Lipinski definition) is 0. The molecule has 2 nitrogen and oxygen atoms in total. The molecule has 74 valence electrons. The molecule has 0 aromatic carbocycles. The summed E-state index contributed by atoms with van der Waals surface area (Å²) in [5.41, 5.74) is 0.448. The van der Waals surface area contributed by atoms with Crippen LogP contribution >= 0.6 is 11.6 Å². The molecule has 0 radical (unpaired) electrons. The fourth-order valence-electron chi connectivity index (χ4n) is 1.17. The van der Waals surface area contributed by atoms with Crippen LogP contribution < -0.4 is 0 Å². The van der Waals surface area contributed by atoms with Gasteiger partial charge in [0.05, 0.1) is 18.1 Å². The smallest absolute Gasteiger partial charge is 0.241 e. The molecule has 0 aliphatic carbocycles. The molecular weight excluding hydrogens is 210 g/mol. The van der Waals surface area contributed by atoms with Crippen molar-refractivity contribution in [1.82, 2.24) is 4.98 Å². The Balaban J connectivity index is 3.30. The van der Waals surface area contributed by atoms with Gasteiger partial charge in [-0.15, -0.1) is 0 Å². The molecule has 1 rings (SSSR count). The number of nitrogens with zero attached hydrogens (tertiary/aromatic N) is 2. The SMILES string of the molecule is Cc1cc(CC#N)c(C(F)F)c(Cl)n1. The first kappa shape index (κ1) is 10.9. The number of hydrogen-bond acceptors (Lipinski definition) is 2. The molecule has 0 saturated carbocycles. The molecule has 0 amide bonds. The molecular formula is C9H7ClF2N2. The standard InChI is InChI=1S/C9H7ClF2N2/c1-5-4-6(2-3-13)7(9(11)12)8(10)14-5/h4,9H,2H2,1H3. The minimum absolute atomic E-state index is 0.0806. The van der Waals surface area contributed by atoms with E-state index < -0.39 is 6.43 Å². The van der Waals surface area contributed by atoms with Crippen molar-refractivity contribution in [1.29, 1.82) is 5.26 Å². The number of alkyl halides is 2. The Labute approximate surface area is 85.1 Å². The van der Waals surface area contributed by atoms with Gasteiger partial charge in [0.15, 0.2) is 0 Å². The zero-order chi connectivity index (χ0) is 10.7. The zero-order valence-corrected chi connectivity index (χ0v) is 8.15. The first-order valence-electron chi connectivity index (χ1n) is 3.87. The number of aromatic nitrogens is 1. The number of halogens is 3. The largest absolute Gasteiger partial charge is 0.267 e. The Kier molecular flexibility index (Phi) is 3.37. The second-order valence-electron chi connectivity index (χ2n) is 2.76. The number of pyridine rings is 1. The van der Waals surface area contributed by atoms with E-state index in [0.29, 0.717) is 5.69 Å². The third kappa shape index (κ3) is 2.18. The van der Waals surface area contributed by atoms with Crippen molar-refractivity contribution >= 4 is 11.6 Å². The van der Waals surface area contributed by atoms with E-state index in [9.17, 15) is 8.78 Å². The fraction of sp³-hybridized carbons (Fsp3) is 0.333. The van der Waals surface area contributed by atoms with Gasteiger partial charge in [-0.3, -0.25) is 0 Å². The molecule has 1 aromatic rings. The molecule has 0 unspecified atom stereocenters. The maximum Gasteiger partial charge on any atom is 0.267 e. The highest BCUT2D eigenvalue weighted by molar-refractivity contribution is 6.30. The lowest BCUT2D eigenvalue weighted by molar-refractivity contribution is 0.150. The molecule has 0 fully saturated rings. The van der Waals surface area contributed by atoms with Crippen LogP contribution in [-0.4, -0.2) is 4.98 Å². The summed E-state index contributed by atoms with van der Waals surface area (Å²) in [5, 5.41) is 8.23. The van der Waals surface area contributed by atoms with Crippen LogP contribution in [0.5, 0.6) is 0 Å². The molecule has 0 atom stereocenters. The van der Waals surface area contributed by atoms with Crippen molar-refractivity contribution in [3.63, 3.8) is 0 Å². The average molecular weight is 217 g/mol. The summed E-state index contributed by atoms with van der Waals surface area (Å²) in [6.07, 6.45) is -2.78. The van der Waals surface area contributed by atoms with E-state index in [1.165, 1.54) is 6.07 Å². The maximum absolute atomic E-state index is 12.5. The van der Waals surface area contributed by atoms with Crippen LogP contribution in [0.4, 0.5) is 8.78 Å². The summed E-state index contributed by atoms with van der Waals surface area (Å²) in [4.78, 5) is 3.71. The summed E-state index contributed by atoms with van der Waals surface area (Å²) < 4.78 is 25.0. The lowest BCUT2D eigenvalue weighted by atomic mass is 10.1. The highest BCUT2D eigenvalue weighted by Gasteiger charge is 2.18. The average Bonchev–Trinajstić information content (AvgIpc) is 2.01. The van der Waals surface area contributed by atoms with Crippen molar-refractivity contribution in [3.8, 4) is 6.07 Å². The Morgan fingerprint density at radius 2 is 2.29 bits per heavy atom. The van der Waals surface area contributed by atoms with Gasteiger partial charge in [-0.25, -0.2) is 13.8 Å². The molecule has 0 aliphatic rings. The molecule has 14 heavy (non-hydrogen) atoms. The van der Waals surface area contributed by atoms with Crippen molar-refractivity contribution in [2.24, 2.45) is 0 Å². The van der Waals surface area contributed by atoms with Gasteiger partial charge in [0, 0.05) is 5.69 Å². The summed E-state index contributed by atoms with van der Waals surface area (Å²) in [6.45, 7) is 1.64. The molecule has 0 spiro atoms. The van der Waals surface area contributed by atoms with Crippen LogP contribution in [0.3, 0.4) is 0 Å². The van der Waals surface area contributed by atoms with Gasteiger partial charge in [0.25, 0.3) is 6.43 Å². The maximum atomic E-state index is 12.5. The highest BCUT2D eigenvalue weighted by Crippen LogP contribution is 2.29. The van der Waals surface area contributed by atoms with Crippen LogP contribution in [-0.2, 0) is 6.42 Å². The second kappa shape index (κ2) is 4.34. The van der Waals surface area contributed by atoms with Crippen LogP contribution in [0, 0.1) is 18.3 Å². The van der Waals surface area contributed by atoms with E-state index in [0.717, 1.165) is 0 Å². The molecule has 0 aliphatic heterocycles. The van der Waals surface area contributed by atoms with Crippen molar-refractivity contribution < 1.29 is 8.78 Å². The van der Waals surface area contributed by atoms with Crippen LogP contribution in [0.1, 0.15) is 23.2 Å². The molecule has 0 N–H and O–H groups in total. The Hall–Kier alpha value is -1.21. The van der Waals surface area contributed by atoms with E-state index in [2.05, 4.69) is 4.98 Å². The van der Waals surface area contributed by atoms with Gasteiger partial charge in [0.2, 0.25) is 0 Å². The molecule has 0 saturated heterocycles. The third-order valence-electron chi connectivity index (χ3n) is 1.71. The minimum Gasteiger partial charge on any atom is -0.241 e. The third-order valence-corrected chi connectivity index (χ3v) is 2.00. The number of nitriles is 1. The van der Waals surface area contributed by atoms with Gasteiger partial charge < -0.3 is 0 Å². The highest BCUT2D eigenvalue weighted by atomic mass is 35.5. The predicted molar refractivity (Wildman–Crippen MR) is 48.3 cm³/mol. The van der Waals surface area contributed by atoms with Gasteiger partial charge in [0.1, 0.15) is 5.15 Å². The monoisotopic (exact) mass is 216 g/mol. The van der Waals surface area contributed by atoms with E-state index >= 15 is 0 Å². The van der Waals surface area contributed by atoms with E-state index in [1.54, 1.807) is 6.92 Å². The summed E-state index contributed by atoms with van der Waals surface area (Å²) in [5.74, 6) is 0. The number of rotatable bonds is 2. The lowest BCUT2D eigenvalue weighted by Crippen LogP contribution is -1.99. The van der Waals surface area contributed by atoms with E-state index in [-0.39, 0.29) is 22.7 Å². The summed E-state index contributed by atoms with van der Waals surface area (Å²) in [6, 6.07) is 3.27. The molecule has 1 aromatic heterocycles. The minimum atomic E-state index is -2.70. The Morgan fingerprint density at radius 3 is 2.79 bits per heavy atom. The molecule has 5 heteroatoms. The van der Waals surface area contributed by atoms with Gasteiger partial charge >= 0.3 is 0 Å². The van der Waals surface area contributed by atoms with E-state index in [1.807, 2.05) is 6.07 Å². The van der Waals surface area contributed by atoms with Crippen LogP contribution in [0.15, 0.2) is 6.07 Å². The number of aryl methyl sites for hydroxylation is 1. The second-order valence-corrected chi connectivity index (χ2v) is 3.12. The predicted octanol–water partition coefficient (Wildman–Crippen LogP) is 3.05. The topological polar surface area (TPSA) is 36.7 Å². The normalized spacial score (nSPS) is 10.3.